The van der Waals surface area contributed by atoms with Crippen LogP contribution in [-0.4, -0.2) is 50.9 Å². The third kappa shape index (κ3) is 5.47. The second-order valence-electron chi connectivity index (χ2n) is 9.81. The Morgan fingerprint density at radius 2 is 1.85 bits per heavy atom. The summed E-state index contributed by atoms with van der Waals surface area (Å²) >= 11 is 1.48. The van der Waals surface area contributed by atoms with Crippen LogP contribution in [0.2, 0.25) is 0 Å². The van der Waals surface area contributed by atoms with Crippen molar-refractivity contribution < 1.29 is 10.2 Å². The van der Waals surface area contributed by atoms with Crippen molar-refractivity contribution in [3.63, 3.8) is 0 Å². The molecule has 3 aromatic rings. The first-order valence-electron chi connectivity index (χ1n) is 11.5. The Hall–Kier alpha value is -2.65. The molecule has 33 heavy (non-hydrogen) atoms. The van der Waals surface area contributed by atoms with Gasteiger partial charge in [-0.3, -0.25) is 0 Å². The van der Waals surface area contributed by atoms with Gasteiger partial charge in [0.25, 0.3) is 0 Å². The van der Waals surface area contributed by atoms with E-state index in [-0.39, 0.29) is 16.9 Å². The number of nitrogens with two attached hydrogens (primary N) is 1. The number of nitrogens with zero attached hydrogens (tertiary/aromatic N) is 4. The Bertz CT molecular complexity index is 1120. The van der Waals surface area contributed by atoms with Crippen LogP contribution in [0.25, 0.3) is 11.0 Å². The molecule has 0 spiro atoms. The lowest BCUT2D eigenvalue weighted by Crippen LogP contribution is -2.30. The molecule has 0 unspecified atom stereocenters. The van der Waals surface area contributed by atoms with E-state index >= 15 is 0 Å². The van der Waals surface area contributed by atoms with Gasteiger partial charge in [-0.05, 0) is 48.6 Å². The maximum Gasteiger partial charge on any atom is 0.174 e. The summed E-state index contributed by atoms with van der Waals surface area (Å²) < 4.78 is 2.15. The molecule has 3 heterocycles. The van der Waals surface area contributed by atoms with Crippen LogP contribution in [0.4, 0.5) is 11.5 Å². The second-order valence-corrected chi connectivity index (χ2v) is 10.8. The molecule has 0 atom stereocenters. The van der Waals surface area contributed by atoms with Gasteiger partial charge in [-0.2, -0.15) is 0 Å². The Balaban J connectivity index is 1.68. The minimum atomic E-state index is -0.131. The van der Waals surface area contributed by atoms with E-state index in [0.29, 0.717) is 11.3 Å². The molecule has 4 rings (SSSR count). The Morgan fingerprint density at radius 1 is 1.12 bits per heavy atom. The highest BCUT2D eigenvalue weighted by atomic mass is 32.2. The summed E-state index contributed by atoms with van der Waals surface area (Å²) in [5.41, 5.74) is 8.88. The zero-order chi connectivity index (χ0) is 23.6. The Morgan fingerprint density at radius 3 is 2.58 bits per heavy atom. The number of piperidine rings is 1. The van der Waals surface area contributed by atoms with Crippen LogP contribution in [0, 0.1) is 5.41 Å². The van der Waals surface area contributed by atoms with E-state index in [1.165, 1.54) is 18.2 Å². The number of rotatable bonds is 7. The van der Waals surface area contributed by atoms with Gasteiger partial charge in [-0.15, -0.1) is 0 Å². The molecule has 2 aromatic heterocycles. The van der Waals surface area contributed by atoms with E-state index in [1.807, 2.05) is 6.07 Å². The number of hydrogen-bond acceptors (Lipinski definition) is 8. The molecule has 1 aliphatic heterocycles. The second kappa shape index (κ2) is 9.69. The predicted octanol–water partition coefficient (Wildman–Crippen LogP) is 4.20. The van der Waals surface area contributed by atoms with Crippen LogP contribution < -0.4 is 16.0 Å². The molecule has 0 bridgehead atoms. The number of phenolic OH excluding ortho intramolecular Hbond substituents is 2. The van der Waals surface area contributed by atoms with Gasteiger partial charge in [-0.1, -0.05) is 20.8 Å². The van der Waals surface area contributed by atoms with Gasteiger partial charge in [0.1, 0.15) is 5.52 Å². The lowest BCUT2D eigenvalue weighted by Gasteiger charge is -2.30. The van der Waals surface area contributed by atoms with Crippen molar-refractivity contribution in [1.29, 1.82) is 0 Å². The van der Waals surface area contributed by atoms with E-state index in [1.54, 1.807) is 18.3 Å². The highest BCUT2D eigenvalue weighted by molar-refractivity contribution is 7.99. The summed E-state index contributed by atoms with van der Waals surface area (Å²) in [5.74, 6) is 0.169. The van der Waals surface area contributed by atoms with Crippen LogP contribution in [0.15, 0.2) is 34.4 Å². The number of anilines is 2. The SMILES string of the molecule is CC(C)(C)CNCCn1c(Sc2cc(O)c(O)cc2N2CCCCC2)nc2c(N)nccc21. The molecule has 1 aromatic carbocycles. The van der Waals surface area contributed by atoms with Crippen molar-refractivity contribution >= 4 is 34.3 Å². The van der Waals surface area contributed by atoms with E-state index in [4.69, 9.17) is 10.7 Å². The van der Waals surface area contributed by atoms with E-state index in [2.05, 4.69) is 40.5 Å². The number of aromatic nitrogens is 3. The molecule has 0 amide bonds. The minimum absolute atomic E-state index is 0.103. The number of phenols is 2. The first-order valence-corrected chi connectivity index (χ1v) is 12.3. The van der Waals surface area contributed by atoms with Crippen molar-refractivity contribution in [3.8, 4) is 11.5 Å². The molecule has 0 aliphatic carbocycles. The van der Waals surface area contributed by atoms with Crippen LogP contribution in [-0.2, 0) is 6.54 Å². The fraction of sp³-hybridized carbons (Fsp3) is 0.500. The molecule has 8 nitrogen and oxygen atoms in total. The maximum absolute atomic E-state index is 10.3. The van der Waals surface area contributed by atoms with Crippen LogP contribution in [0.1, 0.15) is 40.0 Å². The number of benzene rings is 1. The highest BCUT2D eigenvalue weighted by Gasteiger charge is 2.21. The molecule has 0 radical (unpaired) electrons. The molecule has 1 aliphatic rings. The van der Waals surface area contributed by atoms with Gasteiger partial charge in [-0.25, -0.2) is 9.97 Å². The van der Waals surface area contributed by atoms with Gasteiger partial charge < -0.3 is 30.7 Å². The molecule has 178 valence electrons. The van der Waals surface area contributed by atoms with Gasteiger partial charge in [0.05, 0.1) is 11.2 Å². The number of pyridine rings is 1. The van der Waals surface area contributed by atoms with Crippen LogP contribution >= 0.6 is 11.8 Å². The maximum atomic E-state index is 10.3. The summed E-state index contributed by atoms with van der Waals surface area (Å²) in [6.07, 6.45) is 5.16. The number of aromatic hydroxyl groups is 2. The first-order chi connectivity index (χ1) is 15.7. The van der Waals surface area contributed by atoms with E-state index in [0.717, 1.165) is 66.8 Å². The molecular weight excluding hydrogens is 436 g/mol. The summed E-state index contributed by atoms with van der Waals surface area (Å²) in [4.78, 5) is 12.2. The fourth-order valence-corrected chi connectivity index (χ4v) is 5.20. The summed E-state index contributed by atoms with van der Waals surface area (Å²) in [5, 5.41) is 24.8. The summed E-state index contributed by atoms with van der Waals surface area (Å²) in [6, 6.07) is 5.23. The van der Waals surface area contributed by atoms with Crippen LogP contribution in [0.5, 0.6) is 11.5 Å². The van der Waals surface area contributed by atoms with Crippen molar-refractivity contribution in [2.24, 2.45) is 5.41 Å². The lowest BCUT2D eigenvalue weighted by molar-refractivity contribution is 0.375. The molecule has 5 N–H and O–H groups in total. The quantitative estimate of drug-likeness (QED) is 0.300. The van der Waals surface area contributed by atoms with Gasteiger partial charge in [0, 0.05) is 49.9 Å². The van der Waals surface area contributed by atoms with Crippen molar-refractivity contribution in [2.45, 2.75) is 56.6 Å². The number of imidazole rings is 1. The van der Waals surface area contributed by atoms with Crippen molar-refractivity contribution in [1.82, 2.24) is 19.9 Å². The number of nitrogen functional groups attached to an aromatic ring is 1. The van der Waals surface area contributed by atoms with Crippen molar-refractivity contribution in [3.05, 3.63) is 24.4 Å². The third-order valence-corrected chi connectivity index (χ3v) is 6.82. The molecule has 0 saturated carbocycles. The molecule has 1 saturated heterocycles. The predicted molar refractivity (Wildman–Crippen MR) is 134 cm³/mol. The van der Waals surface area contributed by atoms with E-state index < -0.39 is 0 Å². The monoisotopic (exact) mass is 470 g/mol. The topological polar surface area (TPSA) is 112 Å². The van der Waals surface area contributed by atoms with Gasteiger partial charge in [0.15, 0.2) is 22.5 Å². The largest absolute Gasteiger partial charge is 0.504 e. The lowest BCUT2D eigenvalue weighted by atomic mass is 9.97. The zero-order valence-electron chi connectivity index (χ0n) is 19.6. The minimum Gasteiger partial charge on any atom is -0.504 e. The normalized spacial score (nSPS) is 14.8. The number of hydrogen-bond donors (Lipinski definition) is 4. The molecule has 9 heteroatoms. The summed E-state index contributed by atoms with van der Waals surface area (Å²) in [7, 11) is 0. The fourth-order valence-electron chi connectivity index (χ4n) is 4.11. The smallest absolute Gasteiger partial charge is 0.174 e. The Labute approximate surface area is 199 Å². The van der Waals surface area contributed by atoms with Gasteiger partial charge >= 0.3 is 0 Å². The average molecular weight is 471 g/mol. The first kappa shape index (κ1) is 23.5. The van der Waals surface area contributed by atoms with Crippen LogP contribution in [0.3, 0.4) is 0 Å². The van der Waals surface area contributed by atoms with Gasteiger partial charge in [0.2, 0.25) is 0 Å². The third-order valence-electron chi connectivity index (χ3n) is 5.78. The highest BCUT2D eigenvalue weighted by Crippen LogP contribution is 2.43. The standard InChI is InChI=1S/C24H34N6O2S/c1-24(2,3)15-26-9-12-30-16-7-8-27-22(25)21(16)28-23(30)33-20-14-19(32)18(31)13-17(20)29-10-5-4-6-11-29/h7-8,13-14,26,31-32H,4-6,9-12,15H2,1-3H3,(H2,25,27). The van der Waals surface area contributed by atoms with E-state index in [9.17, 15) is 10.2 Å². The van der Waals surface area contributed by atoms with Crippen molar-refractivity contribution in [2.75, 3.05) is 36.8 Å². The number of nitrogens with one attached hydrogen (secondary N) is 1. The zero-order valence-corrected chi connectivity index (χ0v) is 20.5. The summed E-state index contributed by atoms with van der Waals surface area (Å²) in [6.45, 7) is 10.9. The molecule has 1 fully saturated rings. The number of fused-ring (bicyclic) bond motifs is 1. The molecular formula is C24H34N6O2S. The Kier molecular flexibility index (Phi) is 6.90. The average Bonchev–Trinajstić information content (AvgIpc) is 3.12.